The fourth-order valence-corrected chi connectivity index (χ4v) is 1.67. The summed E-state index contributed by atoms with van der Waals surface area (Å²) in [4.78, 5) is 12.5. The molecule has 0 aliphatic rings. The van der Waals surface area contributed by atoms with Crippen molar-refractivity contribution in [3.63, 3.8) is 0 Å². The van der Waals surface area contributed by atoms with E-state index >= 15 is 0 Å². The van der Waals surface area contributed by atoms with E-state index in [2.05, 4.69) is 15.0 Å². The zero-order valence-electron chi connectivity index (χ0n) is 10.6. The molecule has 0 fully saturated rings. The number of hydrogen-bond acceptors (Lipinski definition) is 4. The highest BCUT2D eigenvalue weighted by Crippen LogP contribution is 2.18. The van der Waals surface area contributed by atoms with Crippen LogP contribution in [0.25, 0.3) is 11.5 Å². The monoisotopic (exact) mass is 297 g/mol. The van der Waals surface area contributed by atoms with E-state index < -0.39 is 4.84 Å². The number of hydrogen-bond donors (Lipinski definition) is 0. The third-order valence-corrected chi connectivity index (χ3v) is 2.56. The minimum absolute atomic E-state index is 0.181. The molecule has 0 amide bonds. The topological polar surface area (TPSA) is 47.9 Å². The van der Waals surface area contributed by atoms with Crippen molar-refractivity contribution in [1.29, 1.82) is 0 Å². The summed E-state index contributed by atoms with van der Waals surface area (Å²) in [6, 6.07) is 7.42. The van der Waals surface area contributed by atoms with Crippen LogP contribution < -0.4 is 4.74 Å². The standard InChI is InChI=1S/C13H13Cl2N3O/c1-8-4-3-5-10(16-8)13-17-9(2)6-12(18-13)19-7-11(14)15/h3-6,11H,7H2,1-2H3. The molecule has 2 aromatic rings. The molecule has 19 heavy (non-hydrogen) atoms. The first kappa shape index (κ1) is 14.0. The highest BCUT2D eigenvalue weighted by atomic mass is 35.5. The molecule has 100 valence electrons. The molecule has 6 heteroatoms. The number of halogens is 2. The average molecular weight is 298 g/mol. The van der Waals surface area contributed by atoms with Crippen LogP contribution in [0.3, 0.4) is 0 Å². The first-order valence-electron chi connectivity index (χ1n) is 5.75. The normalized spacial score (nSPS) is 10.8. The summed E-state index contributed by atoms with van der Waals surface area (Å²) < 4.78 is 5.40. The van der Waals surface area contributed by atoms with Gasteiger partial charge >= 0.3 is 0 Å². The molecule has 0 aliphatic carbocycles. The molecule has 0 N–H and O–H groups in total. The molecule has 0 saturated heterocycles. The van der Waals surface area contributed by atoms with E-state index in [1.165, 1.54) is 0 Å². The van der Waals surface area contributed by atoms with E-state index in [1.54, 1.807) is 6.07 Å². The lowest BCUT2D eigenvalue weighted by Gasteiger charge is -2.08. The minimum Gasteiger partial charge on any atom is -0.475 e. The predicted molar refractivity (Wildman–Crippen MR) is 75.7 cm³/mol. The van der Waals surface area contributed by atoms with E-state index in [0.29, 0.717) is 17.4 Å². The van der Waals surface area contributed by atoms with Crippen LogP contribution in [0, 0.1) is 13.8 Å². The SMILES string of the molecule is Cc1cccc(-c2nc(C)cc(OCC(Cl)Cl)n2)n1. The summed E-state index contributed by atoms with van der Waals surface area (Å²) in [6.07, 6.45) is 0. The molecule has 0 unspecified atom stereocenters. The highest BCUT2D eigenvalue weighted by Gasteiger charge is 2.08. The van der Waals surface area contributed by atoms with Gasteiger partial charge in [0.1, 0.15) is 17.1 Å². The van der Waals surface area contributed by atoms with Gasteiger partial charge in [0, 0.05) is 17.5 Å². The third kappa shape index (κ3) is 4.04. The molecule has 2 rings (SSSR count). The van der Waals surface area contributed by atoms with Gasteiger partial charge in [0.25, 0.3) is 0 Å². The number of rotatable bonds is 4. The maximum Gasteiger partial charge on any atom is 0.217 e. The lowest BCUT2D eigenvalue weighted by molar-refractivity contribution is 0.321. The Kier molecular flexibility index (Phi) is 4.56. The lowest BCUT2D eigenvalue weighted by Crippen LogP contribution is -2.07. The van der Waals surface area contributed by atoms with Gasteiger partial charge in [-0.25, -0.2) is 9.97 Å². The molecule has 0 spiro atoms. The molecule has 2 aromatic heterocycles. The molecule has 0 saturated carbocycles. The first-order valence-corrected chi connectivity index (χ1v) is 6.62. The summed E-state index contributed by atoms with van der Waals surface area (Å²) in [5, 5.41) is 0. The number of alkyl halides is 2. The van der Waals surface area contributed by atoms with Gasteiger partial charge in [0.2, 0.25) is 5.88 Å². The maximum absolute atomic E-state index is 5.63. The van der Waals surface area contributed by atoms with E-state index in [1.807, 2.05) is 32.0 Å². The number of nitrogens with zero attached hydrogens (tertiary/aromatic N) is 3. The quantitative estimate of drug-likeness (QED) is 0.812. The van der Waals surface area contributed by atoms with Gasteiger partial charge in [-0.2, -0.15) is 4.98 Å². The fourth-order valence-electron chi connectivity index (χ4n) is 1.54. The summed E-state index contributed by atoms with van der Waals surface area (Å²) in [6.45, 7) is 3.97. The van der Waals surface area contributed by atoms with Crippen molar-refractivity contribution in [3.8, 4) is 17.4 Å². The Hall–Kier alpha value is -1.39. The van der Waals surface area contributed by atoms with Gasteiger partial charge in [0.15, 0.2) is 5.82 Å². The smallest absolute Gasteiger partial charge is 0.217 e. The molecule has 2 heterocycles. The fraction of sp³-hybridized carbons (Fsp3) is 0.308. The molecule has 0 aliphatic heterocycles. The molecule has 0 aromatic carbocycles. The Bertz CT molecular complexity index is 576. The van der Waals surface area contributed by atoms with Gasteiger partial charge in [-0.05, 0) is 26.0 Å². The van der Waals surface area contributed by atoms with Crippen LogP contribution >= 0.6 is 23.2 Å². The van der Waals surface area contributed by atoms with Crippen LogP contribution in [0.15, 0.2) is 24.3 Å². The molecule has 4 nitrogen and oxygen atoms in total. The second kappa shape index (κ2) is 6.17. The Labute approximate surface area is 121 Å². The Morgan fingerprint density at radius 1 is 1.11 bits per heavy atom. The van der Waals surface area contributed by atoms with Crippen LogP contribution in [-0.2, 0) is 0 Å². The largest absolute Gasteiger partial charge is 0.475 e. The van der Waals surface area contributed by atoms with Crippen LogP contribution in [0.5, 0.6) is 5.88 Å². The second-order valence-corrected chi connectivity index (χ2v) is 5.31. The van der Waals surface area contributed by atoms with E-state index in [-0.39, 0.29) is 6.61 Å². The lowest BCUT2D eigenvalue weighted by atomic mass is 10.3. The summed E-state index contributed by atoms with van der Waals surface area (Å²) in [5.74, 6) is 0.969. The highest BCUT2D eigenvalue weighted by molar-refractivity contribution is 6.44. The van der Waals surface area contributed by atoms with E-state index in [4.69, 9.17) is 27.9 Å². The number of aryl methyl sites for hydroxylation is 2. The summed E-state index contributed by atoms with van der Waals surface area (Å²) in [7, 11) is 0. The van der Waals surface area contributed by atoms with E-state index in [9.17, 15) is 0 Å². The third-order valence-electron chi connectivity index (χ3n) is 2.31. The predicted octanol–water partition coefficient (Wildman–Crippen LogP) is 3.34. The second-order valence-electron chi connectivity index (χ2n) is 4.04. The van der Waals surface area contributed by atoms with Gasteiger partial charge < -0.3 is 4.74 Å². The molecule has 0 atom stereocenters. The molecular weight excluding hydrogens is 285 g/mol. The van der Waals surface area contributed by atoms with Crippen molar-refractivity contribution in [2.75, 3.05) is 6.61 Å². The van der Waals surface area contributed by atoms with Crippen molar-refractivity contribution >= 4 is 23.2 Å². The zero-order valence-corrected chi connectivity index (χ0v) is 12.1. The number of ether oxygens (including phenoxy) is 1. The van der Waals surface area contributed by atoms with Gasteiger partial charge in [0.05, 0.1) is 0 Å². The summed E-state index contributed by atoms with van der Waals surface area (Å²) >= 11 is 11.3. The van der Waals surface area contributed by atoms with Gasteiger partial charge in [-0.3, -0.25) is 0 Å². The van der Waals surface area contributed by atoms with Crippen molar-refractivity contribution in [2.45, 2.75) is 18.7 Å². The van der Waals surface area contributed by atoms with Crippen LogP contribution in [0.1, 0.15) is 11.4 Å². The van der Waals surface area contributed by atoms with E-state index in [0.717, 1.165) is 11.4 Å². The van der Waals surface area contributed by atoms with Gasteiger partial charge in [-0.15, -0.1) is 23.2 Å². The molecule has 0 radical (unpaired) electrons. The zero-order chi connectivity index (χ0) is 13.8. The Morgan fingerprint density at radius 2 is 1.89 bits per heavy atom. The minimum atomic E-state index is -0.587. The number of aromatic nitrogens is 3. The van der Waals surface area contributed by atoms with Crippen molar-refractivity contribution < 1.29 is 4.74 Å². The van der Waals surface area contributed by atoms with Crippen LogP contribution in [0.4, 0.5) is 0 Å². The molecule has 0 bridgehead atoms. The summed E-state index contributed by atoms with van der Waals surface area (Å²) in [5.41, 5.74) is 2.41. The Morgan fingerprint density at radius 3 is 2.58 bits per heavy atom. The molecular formula is C13H13Cl2N3O. The van der Waals surface area contributed by atoms with Gasteiger partial charge in [-0.1, -0.05) is 6.07 Å². The number of pyridine rings is 1. The average Bonchev–Trinajstić information content (AvgIpc) is 2.36. The maximum atomic E-state index is 5.63. The Balaban J connectivity index is 2.31. The first-order chi connectivity index (χ1) is 9.04. The van der Waals surface area contributed by atoms with Crippen molar-refractivity contribution in [1.82, 2.24) is 15.0 Å². The van der Waals surface area contributed by atoms with Crippen molar-refractivity contribution in [2.24, 2.45) is 0 Å². The van der Waals surface area contributed by atoms with Crippen molar-refractivity contribution in [3.05, 3.63) is 35.7 Å². The van der Waals surface area contributed by atoms with Crippen LogP contribution in [0.2, 0.25) is 0 Å². The van der Waals surface area contributed by atoms with Crippen LogP contribution in [-0.4, -0.2) is 26.4 Å².